The second-order valence-electron chi connectivity index (χ2n) is 4.90. The Morgan fingerprint density at radius 1 is 1.18 bits per heavy atom. The molecule has 2 N–H and O–H groups in total. The molecule has 1 unspecified atom stereocenters. The lowest BCUT2D eigenvalue weighted by Crippen LogP contribution is -2.48. The molecule has 1 fully saturated rings. The first-order chi connectivity index (χ1) is 10.1. The van der Waals surface area contributed by atoms with Gasteiger partial charge in [-0.25, -0.2) is 9.59 Å². The summed E-state index contributed by atoms with van der Waals surface area (Å²) in [6.07, 6.45) is 2.06. The third-order valence-corrected chi connectivity index (χ3v) is 3.29. The molecule has 8 heteroatoms. The van der Waals surface area contributed by atoms with E-state index in [2.05, 4.69) is 10.6 Å². The Labute approximate surface area is 136 Å². The van der Waals surface area contributed by atoms with E-state index < -0.39 is 18.0 Å². The topological polar surface area (TPSA) is 93.7 Å². The third kappa shape index (κ3) is 7.09. The highest BCUT2D eigenvalue weighted by atomic mass is 35.5. The molecule has 1 saturated heterocycles. The molecule has 1 atom stereocenters. The zero-order chi connectivity index (χ0) is 15.7. The summed E-state index contributed by atoms with van der Waals surface area (Å²) in [6.45, 7) is 5.42. The fourth-order valence-corrected chi connectivity index (χ4v) is 2.19. The Balaban J connectivity index is 0.00000441. The molecule has 0 spiro atoms. The van der Waals surface area contributed by atoms with Gasteiger partial charge < -0.3 is 20.1 Å². The Morgan fingerprint density at radius 2 is 1.77 bits per heavy atom. The van der Waals surface area contributed by atoms with Crippen molar-refractivity contribution in [2.75, 3.05) is 26.3 Å². The van der Waals surface area contributed by atoms with Crippen molar-refractivity contribution in [3.63, 3.8) is 0 Å². The predicted molar refractivity (Wildman–Crippen MR) is 82.7 cm³/mol. The number of ether oxygens (including phenoxy) is 2. The van der Waals surface area contributed by atoms with Gasteiger partial charge in [0.1, 0.15) is 0 Å². The number of hydrogen-bond acceptors (Lipinski definition) is 6. The van der Waals surface area contributed by atoms with Gasteiger partial charge in [-0.1, -0.05) is 0 Å². The van der Waals surface area contributed by atoms with Crippen LogP contribution in [0.1, 0.15) is 33.1 Å². The Morgan fingerprint density at radius 3 is 2.23 bits per heavy atom. The molecular weight excluding hydrogens is 312 g/mol. The molecule has 1 aliphatic rings. The first-order valence-electron chi connectivity index (χ1n) is 7.41. The molecule has 7 nitrogen and oxygen atoms in total. The quantitative estimate of drug-likeness (QED) is 0.492. The molecule has 0 aromatic heterocycles. The van der Waals surface area contributed by atoms with Crippen molar-refractivity contribution >= 4 is 30.3 Å². The summed E-state index contributed by atoms with van der Waals surface area (Å²) in [7, 11) is 0. The average molecular weight is 337 g/mol. The van der Waals surface area contributed by atoms with E-state index in [9.17, 15) is 14.4 Å². The summed E-state index contributed by atoms with van der Waals surface area (Å²) in [5.41, 5.74) is 0. The lowest BCUT2D eigenvalue weighted by Gasteiger charge is -2.16. The van der Waals surface area contributed by atoms with Crippen LogP contribution in [0, 0.1) is 5.92 Å². The Kier molecular flexibility index (Phi) is 10.6. The normalized spacial score (nSPS) is 16.8. The van der Waals surface area contributed by atoms with Gasteiger partial charge in [0.25, 0.3) is 0 Å². The Hall–Kier alpha value is -1.34. The number of nitrogens with one attached hydrogen (secondary N) is 2. The summed E-state index contributed by atoms with van der Waals surface area (Å²) >= 11 is 0. The van der Waals surface area contributed by atoms with Crippen molar-refractivity contribution < 1.29 is 23.9 Å². The van der Waals surface area contributed by atoms with Gasteiger partial charge in [0.05, 0.1) is 13.2 Å². The van der Waals surface area contributed by atoms with Crippen LogP contribution in [-0.4, -0.2) is 50.2 Å². The van der Waals surface area contributed by atoms with Crippen molar-refractivity contribution in [3.05, 3.63) is 0 Å². The van der Waals surface area contributed by atoms with Gasteiger partial charge >= 0.3 is 11.9 Å². The van der Waals surface area contributed by atoms with E-state index in [0.717, 1.165) is 25.9 Å². The fourth-order valence-electron chi connectivity index (χ4n) is 2.19. The number of carbonyl (C=O) groups is 3. The minimum absolute atomic E-state index is 0. The van der Waals surface area contributed by atoms with E-state index >= 15 is 0 Å². The average Bonchev–Trinajstić information content (AvgIpc) is 2.96. The molecule has 22 heavy (non-hydrogen) atoms. The predicted octanol–water partition coefficient (Wildman–Crippen LogP) is 0.409. The van der Waals surface area contributed by atoms with Crippen LogP contribution in [0.2, 0.25) is 0 Å². The fraction of sp³-hybridized carbons (Fsp3) is 0.786. The van der Waals surface area contributed by atoms with E-state index in [0.29, 0.717) is 5.92 Å². The lowest BCUT2D eigenvalue weighted by molar-refractivity contribution is -0.159. The number of rotatable bonds is 8. The standard InChI is InChI=1S/C14H24N2O5.ClH/c1-3-20-13(18)12(14(19)21-4-2)16-11(17)6-5-10-7-8-15-9-10;/h10,12,15H,3-9H2,1-2H3,(H,16,17);1H. The van der Waals surface area contributed by atoms with Gasteiger partial charge in [-0.3, -0.25) is 4.79 Å². The minimum atomic E-state index is -1.38. The van der Waals surface area contributed by atoms with Crippen molar-refractivity contribution in [2.45, 2.75) is 39.2 Å². The van der Waals surface area contributed by atoms with Crippen molar-refractivity contribution in [1.82, 2.24) is 10.6 Å². The maximum absolute atomic E-state index is 11.9. The lowest BCUT2D eigenvalue weighted by atomic mass is 10.0. The molecule has 1 heterocycles. The SMILES string of the molecule is CCOC(=O)C(NC(=O)CCC1CCNC1)C(=O)OCC.Cl. The highest BCUT2D eigenvalue weighted by molar-refractivity contribution is 6.02. The van der Waals surface area contributed by atoms with Gasteiger partial charge in [-0.05, 0) is 45.7 Å². The number of esters is 2. The van der Waals surface area contributed by atoms with Crippen molar-refractivity contribution in [1.29, 1.82) is 0 Å². The number of carbonyl (C=O) groups excluding carboxylic acids is 3. The molecule has 0 aromatic rings. The summed E-state index contributed by atoms with van der Waals surface area (Å²) in [4.78, 5) is 35.3. The number of halogens is 1. The monoisotopic (exact) mass is 336 g/mol. The zero-order valence-electron chi connectivity index (χ0n) is 13.1. The highest BCUT2D eigenvalue weighted by Gasteiger charge is 2.31. The van der Waals surface area contributed by atoms with Crippen LogP contribution in [-0.2, 0) is 23.9 Å². The van der Waals surface area contributed by atoms with E-state index in [4.69, 9.17) is 9.47 Å². The van der Waals surface area contributed by atoms with Crippen LogP contribution in [0.3, 0.4) is 0 Å². The molecule has 0 saturated carbocycles. The van der Waals surface area contributed by atoms with Gasteiger partial charge in [0, 0.05) is 6.42 Å². The smallest absolute Gasteiger partial charge is 0.340 e. The molecule has 1 aliphatic heterocycles. The van der Waals surface area contributed by atoms with E-state index in [1.165, 1.54) is 0 Å². The molecular formula is C14H25ClN2O5. The largest absolute Gasteiger partial charge is 0.464 e. The molecule has 0 bridgehead atoms. The third-order valence-electron chi connectivity index (χ3n) is 3.29. The second kappa shape index (κ2) is 11.3. The van der Waals surface area contributed by atoms with Crippen LogP contribution in [0.4, 0.5) is 0 Å². The number of amides is 1. The molecule has 0 aliphatic carbocycles. The first kappa shape index (κ1) is 20.7. The zero-order valence-corrected chi connectivity index (χ0v) is 13.9. The van der Waals surface area contributed by atoms with E-state index in [1.54, 1.807) is 13.8 Å². The van der Waals surface area contributed by atoms with Crippen LogP contribution >= 0.6 is 12.4 Å². The van der Waals surface area contributed by atoms with E-state index in [-0.39, 0.29) is 37.9 Å². The Bertz CT molecular complexity index is 354. The van der Waals surface area contributed by atoms with Crippen LogP contribution in [0.15, 0.2) is 0 Å². The minimum Gasteiger partial charge on any atom is -0.464 e. The van der Waals surface area contributed by atoms with E-state index in [1.807, 2.05) is 0 Å². The van der Waals surface area contributed by atoms with Crippen LogP contribution < -0.4 is 10.6 Å². The van der Waals surface area contributed by atoms with Gasteiger partial charge in [0.15, 0.2) is 0 Å². The molecule has 0 radical (unpaired) electrons. The summed E-state index contributed by atoms with van der Waals surface area (Å²) in [5.74, 6) is -1.44. The van der Waals surface area contributed by atoms with Gasteiger partial charge in [0.2, 0.25) is 11.9 Å². The second-order valence-corrected chi connectivity index (χ2v) is 4.90. The van der Waals surface area contributed by atoms with Crippen molar-refractivity contribution in [2.24, 2.45) is 5.92 Å². The molecule has 128 valence electrons. The van der Waals surface area contributed by atoms with Crippen molar-refractivity contribution in [3.8, 4) is 0 Å². The maximum atomic E-state index is 11.9. The van der Waals surface area contributed by atoms with Gasteiger partial charge in [-0.2, -0.15) is 0 Å². The summed E-state index contributed by atoms with van der Waals surface area (Å²) in [6, 6.07) is -1.38. The molecule has 1 amide bonds. The number of hydrogen-bond donors (Lipinski definition) is 2. The molecule has 1 rings (SSSR count). The highest BCUT2D eigenvalue weighted by Crippen LogP contribution is 2.14. The summed E-state index contributed by atoms with van der Waals surface area (Å²) < 4.78 is 9.57. The van der Waals surface area contributed by atoms with Crippen LogP contribution in [0.25, 0.3) is 0 Å². The maximum Gasteiger partial charge on any atom is 0.340 e. The first-order valence-corrected chi connectivity index (χ1v) is 7.41. The molecule has 0 aromatic carbocycles. The van der Waals surface area contributed by atoms with Crippen LogP contribution in [0.5, 0.6) is 0 Å². The summed E-state index contributed by atoms with van der Waals surface area (Å²) in [5, 5.41) is 5.63. The van der Waals surface area contributed by atoms with Gasteiger partial charge in [-0.15, -0.1) is 12.4 Å².